The molecular formula is C24H24N2O5. The number of hydrogen-bond acceptors (Lipinski definition) is 5. The van der Waals surface area contributed by atoms with Crippen LogP contribution in [0, 0.1) is 0 Å². The van der Waals surface area contributed by atoms with Gasteiger partial charge in [0.05, 0.1) is 24.9 Å². The SMILES string of the molecule is CN(CC(=O)NCc1ccco1)C(=O)COC(=O)c1ccccc1Cc1ccccc1. The van der Waals surface area contributed by atoms with E-state index in [4.69, 9.17) is 9.15 Å². The molecule has 3 aromatic rings. The van der Waals surface area contributed by atoms with Crippen molar-refractivity contribution in [3.63, 3.8) is 0 Å². The van der Waals surface area contributed by atoms with Gasteiger partial charge >= 0.3 is 5.97 Å². The second-order valence-electron chi connectivity index (χ2n) is 7.00. The molecule has 0 aliphatic heterocycles. The zero-order chi connectivity index (χ0) is 22.1. The number of amides is 2. The molecule has 3 rings (SSSR count). The predicted molar refractivity (Wildman–Crippen MR) is 114 cm³/mol. The fourth-order valence-corrected chi connectivity index (χ4v) is 2.96. The summed E-state index contributed by atoms with van der Waals surface area (Å²) in [6.07, 6.45) is 2.10. The van der Waals surface area contributed by atoms with Crippen molar-refractivity contribution in [1.82, 2.24) is 10.2 Å². The zero-order valence-electron chi connectivity index (χ0n) is 17.2. The Balaban J connectivity index is 1.49. The Morgan fingerprint density at radius 2 is 1.71 bits per heavy atom. The van der Waals surface area contributed by atoms with Crippen LogP contribution in [0.4, 0.5) is 0 Å². The van der Waals surface area contributed by atoms with E-state index in [-0.39, 0.29) is 19.0 Å². The normalized spacial score (nSPS) is 10.4. The molecule has 1 heterocycles. The van der Waals surface area contributed by atoms with Gasteiger partial charge in [-0.05, 0) is 35.7 Å². The van der Waals surface area contributed by atoms with Crippen LogP contribution in [0.3, 0.4) is 0 Å². The van der Waals surface area contributed by atoms with E-state index in [2.05, 4.69) is 5.32 Å². The molecule has 0 saturated heterocycles. The molecule has 2 aromatic carbocycles. The molecule has 0 fully saturated rings. The Bertz CT molecular complexity index is 1020. The molecule has 0 spiro atoms. The zero-order valence-corrected chi connectivity index (χ0v) is 17.2. The molecule has 2 amide bonds. The average Bonchev–Trinajstić information content (AvgIpc) is 3.30. The number of hydrogen-bond donors (Lipinski definition) is 1. The van der Waals surface area contributed by atoms with Crippen molar-refractivity contribution in [2.75, 3.05) is 20.2 Å². The van der Waals surface area contributed by atoms with Gasteiger partial charge in [0.25, 0.3) is 5.91 Å². The number of likely N-dealkylation sites (N-methyl/N-ethyl adjacent to an activating group) is 1. The Kier molecular flexibility index (Phi) is 7.59. The Morgan fingerprint density at radius 3 is 2.45 bits per heavy atom. The minimum atomic E-state index is -0.574. The monoisotopic (exact) mass is 420 g/mol. The molecule has 0 aliphatic carbocycles. The van der Waals surface area contributed by atoms with E-state index in [1.807, 2.05) is 42.5 Å². The smallest absolute Gasteiger partial charge is 0.338 e. The minimum Gasteiger partial charge on any atom is -0.467 e. The number of ether oxygens (including phenoxy) is 1. The number of carbonyl (C=O) groups excluding carboxylic acids is 3. The third kappa shape index (κ3) is 6.57. The van der Waals surface area contributed by atoms with E-state index >= 15 is 0 Å². The highest BCUT2D eigenvalue weighted by atomic mass is 16.5. The highest BCUT2D eigenvalue weighted by molar-refractivity contribution is 5.93. The Morgan fingerprint density at radius 1 is 0.968 bits per heavy atom. The summed E-state index contributed by atoms with van der Waals surface area (Å²) in [5.41, 5.74) is 2.30. The topological polar surface area (TPSA) is 88.8 Å². The van der Waals surface area contributed by atoms with Gasteiger partial charge in [0.2, 0.25) is 5.91 Å². The number of nitrogens with one attached hydrogen (secondary N) is 1. The number of nitrogens with zero attached hydrogens (tertiary/aromatic N) is 1. The molecule has 0 atom stereocenters. The van der Waals surface area contributed by atoms with E-state index in [9.17, 15) is 14.4 Å². The fourth-order valence-electron chi connectivity index (χ4n) is 2.96. The summed E-state index contributed by atoms with van der Waals surface area (Å²) in [5.74, 6) is -0.769. The van der Waals surface area contributed by atoms with Crippen LogP contribution >= 0.6 is 0 Å². The van der Waals surface area contributed by atoms with E-state index in [0.717, 1.165) is 11.1 Å². The lowest BCUT2D eigenvalue weighted by Gasteiger charge is -2.17. The molecular weight excluding hydrogens is 396 g/mol. The van der Waals surface area contributed by atoms with Gasteiger partial charge in [-0.25, -0.2) is 4.79 Å². The van der Waals surface area contributed by atoms with Crippen molar-refractivity contribution in [3.8, 4) is 0 Å². The molecule has 160 valence electrons. The first-order chi connectivity index (χ1) is 15.0. The average molecular weight is 420 g/mol. The third-order valence-corrected chi connectivity index (χ3v) is 4.65. The molecule has 7 nitrogen and oxygen atoms in total. The standard InChI is InChI=1S/C24H24N2O5/c1-26(16-22(27)25-15-20-11-7-13-30-20)23(28)17-31-24(29)21-12-6-5-10-19(21)14-18-8-3-2-4-9-18/h2-13H,14-17H2,1H3,(H,25,27). The quantitative estimate of drug-likeness (QED) is 0.538. The highest BCUT2D eigenvalue weighted by Gasteiger charge is 2.18. The van der Waals surface area contributed by atoms with Crippen molar-refractivity contribution in [1.29, 1.82) is 0 Å². The molecule has 7 heteroatoms. The number of carbonyl (C=O) groups is 3. The maximum atomic E-state index is 12.6. The number of benzene rings is 2. The number of esters is 1. The summed E-state index contributed by atoms with van der Waals surface area (Å²) in [7, 11) is 1.48. The molecule has 0 aliphatic rings. The molecule has 31 heavy (non-hydrogen) atoms. The molecule has 1 N–H and O–H groups in total. The van der Waals surface area contributed by atoms with Crippen LogP contribution in [0.5, 0.6) is 0 Å². The van der Waals surface area contributed by atoms with Crippen molar-refractivity contribution >= 4 is 17.8 Å². The summed E-state index contributed by atoms with van der Waals surface area (Å²) in [6.45, 7) is -0.358. The van der Waals surface area contributed by atoms with Crippen LogP contribution < -0.4 is 5.32 Å². The number of furan rings is 1. The highest BCUT2D eigenvalue weighted by Crippen LogP contribution is 2.15. The minimum absolute atomic E-state index is 0.151. The van der Waals surface area contributed by atoms with Gasteiger partial charge in [0.1, 0.15) is 5.76 Å². The summed E-state index contributed by atoms with van der Waals surface area (Å²) >= 11 is 0. The van der Waals surface area contributed by atoms with Crippen LogP contribution in [0.15, 0.2) is 77.4 Å². The lowest BCUT2D eigenvalue weighted by atomic mass is 10.00. The summed E-state index contributed by atoms with van der Waals surface area (Å²) < 4.78 is 10.4. The van der Waals surface area contributed by atoms with Gasteiger partial charge in [0, 0.05) is 7.05 Å². The van der Waals surface area contributed by atoms with Gasteiger partial charge in [-0.15, -0.1) is 0 Å². The van der Waals surface area contributed by atoms with Crippen LogP contribution in [0.2, 0.25) is 0 Å². The Labute approximate surface area is 180 Å². The fraction of sp³-hybridized carbons (Fsp3) is 0.208. The largest absolute Gasteiger partial charge is 0.467 e. The van der Waals surface area contributed by atoms with Gasteiger partial charge < -0.3 is 19.4 Å². The number of rotatable bonds is 9. The molecule has 0 bridgehead atoms. The van der Waals surface area contributed by atoms with Crippen LogP contribution in [0.1, 0.15) is 27.2 Å². The summed E-state index contributed by atoms with van der Waals surface area (Å²) in [5, 5.41) is 2.66. The lowest BCUT2D eigenvalue weighted by molar-refractivity contribution is -0.137. The van der Waals surface area contributed by atoms with Crippen molar-refractivity contribution in [3.05, 3.63) is 95.4 Å². The maximum absolute atomic E-state index is 12.6. The van der Waals surface area contributed by atoms with Crippen molar-refractivity contribution in [2.45, 2.75) is 13.0 Å². The molecule has 1 aromatic heterocycles. The lowest BCUT2D eigenvalue weighted by Crippen LogP contribution is -2.39. The van der Waals surface area contributed by atoms with E-state index in [0.29, 0.717) is 17.7 Å². The van der Waals surface area contributed by atoms with Crippen LogP contribution in [-0.4, -0.2) is 42.9 Å². The maximum Gasteiger partial charge on any atom is 0.338 e. The first-order valence-corrected chi connectivity index (χ1v) is 9.85. The van der Waals surface area contributed by atoms with Gasteiger partial charge in [0.15, 0.2) is 6.61 Å². The summed E-state index contributed by atoms with van der Waals surface area (Å²) in [4.78, 5) is 38.0. The molecule has 0 saturated carbocycles. The van der Waals surface area contributed by atoms with Gasteiger partial charge in [-0.1, -0.05) is 48.5 Å². The van der Waals surface area contributed by atoms with E-state index in [1.165, 1.54) is 18.2 Å². The van der Waals surface area contributed by atoms with Crippen molar-refractivity contribution in [2.24, 2.45) is 0 Å². The van der Waals surface area contributed by atoms with Crippen LogP contribution in [-0.2, 0) is 27.3 Å². The van der Waals surface area contributed by atoms with Crippen LogP contribution in [0.25, 0.3) is 0 Å². The Hall–Kier alpha value is -3.87. The van der Waals surface area contributed by atoms with E-state index < -0.39 is 18.5 Å². The predicted octanol–water partition coefficient (Wildman–Crippen LogP) is 2.80. The van der Waals surface area contributed by atoms with Gasteiger partial charge in [-0.3, -0.25) is 9.59 Å². The summed E-state index contributed by atoms with van der Waals surface area (Å²) in [6, 6.07) is 20.4. The first-order valence-electron chi connectivity index (χ1n) is 9.85. The first kappa shape index (κ1) is 21.8. The molecule has 0 unspecified atom stereocenters. The second kappa shape index (κ2) is 10.8. The van der Waals surface area contributed by atoms with Crippen molar-refractivity contribution < 1.29 is 23.5 Å². The van der Waals surface area contributed by atoms with Gasteiger partial charge in [-0.2, -0.15) is 0 Å². The third-order valence-electron chi connectivity index (χ3n) is 4.65. The molecule has 0 radical (unpaired) electrons. The second-order valence-corrected chi connectivity index (χ2v) is 7.00. The van der Waals surface area contributed by atoms with E-state index in [1.54, 1.807) is 24.3 Å².